The van der Waals surface area contributed by atoms with Crippen LogP contribution in [0.3, 0.4) is 0 Å². The van der Waals surface area contributed by atoms with Gasteiger partial charge in [-0.1, -0.05) is 0 Å². The second-order valence-electron chi connectivity index (χ2n) is 4.82. The number of hydrogen-bond donors (Lipinski definition) is 2. The van der Waals surface area contributed by atoms with Crippen LogP contribution < -0.4 is 16.0 Å². The van der Waals surface area contributed by atoms with Crippen LogP contribution in [0.25, 0.3) is 0 Å². The first-order valence-corrected chi connectivity index (χ1v) is 6.86. The number of amides is 1. The molecule has 1 heterocycles. The fraction of sp³-hybridized carbons (Fsp3) is 0.571. The van der Waals surface area contributed by atoms with Crippen LogP contribution >= 0.6 is 0 Å². The molecule has 0 aromatic carbocycles. The lowest BCUT2D eigenvalue weighted by Crippen LogP contribution is -2.36. The van der Waals surface area contributed by atoms with Gasteiger partial charge in [0.05, 0.1) is 6.54 Å². The lowest BCUT2D eigenvalue weighted by atomic mass is 10.1. The maximum atomic E-state index is 11.6. The van der Waals surface area contributed by atoms with Crippen molar-refractivity contribution in [2.45, 2.75) is 32.7 Å². The monoisotopic (exact) mass is 262 g/mol. The number of rotatable bonds is 5. The Kier molecular flexibility index (Phi) is 4.37. The third-order valence-electron chi connectivity index (χ3n) is 3.62. The maximum absolute atomic E-state index is 11.6. The first-order valence-electron chi connectivity index (χ1n) is 6.86. The number of nitrogens with one attached hydrogen (secondary N) is 1. The molecule has 1 aromatic heterocycles. The molecular weight excluding hydrogens is 240 g/mol. The summed E-state index contributed by atoms with van der Waals surface area (Å²) in [5.74, 6) is 0.862. The normalized spacial score (nSPS) is 13.2. The van der Waals surface area contributed by atoms with Gasteiger partial charge in [0.25, 0.3) is 0 Å². The van der Waals surface area contributed by atoms with Crippen molar-refractivity contribution in [3.05, 3.63) is 22.9 Å². The van der Waals surface area contributed by atoms with Crippen LogP contribution in [0.2, 0.25) is 0 Å². The highest BCUT2D eigenvalue weighted by atomic mass is 16.1. The molecule has 1 aromatic rings. The van der Waals surface area contributed by atoms with E-state index in [1.807, 2.05) is 11.8 Å². The zero-order chi connectivity index (χ0) is 13.8. The summed E-state index contributed by atoms with van der Waals surface area (Å²) in [4.78, 5) is 18.3. The Morgan fingerprint density at radius 1 is 1.53 bits per heavy atom. The predicted octanol–water partition coefficient (Wildman–Crippen LogP) is 0.601. The molecule has 0 saturated heterocycles. The Balaban J connectivity index is 2.33. The SMILES string of the molecule is CCN(CC(=O)NC)c1nc2c(cc1CN)CCC2. The van der Waals surface area contributed by atoms with E-state index in [2.05, 4.69) is 11.4 Å². The second-order valence-corrected chi connectivity index (χ2v) is 4.82. The average molecular weight is 262 g/mol. The molecule has 0 fully saturated rings. The maximum Gasteiger partial charge on any atom is 0.239 e. The van der Waals surface area contributed by atoms with Crippen LogP contribution in [0, 0.1) is 0 Å². The number of nitrogens with two attached hydrogens (primary N) is 1. The van der Waals surface area contributed by atoms with E-state index in [1.165, 1.54) is 11.3 Å². The van der Waals surface area contributed by atoms with Crippen LogP contribution in [0.15, 0.2) is 6.07 Å². The lowest BCUT2D eigenvalue weighted by molar-refractivity contribution is -0.119. The van der Waals surface area contributed by atoms with E-state index in [1.54, 1.807) is 7.05 Å². The molecule has 3 N–H and O–H groups in total. The third kappa shape index (κ3) is 2.87. The van der Waals surface area contributed by atoms with Gasteiger partial charge in [0, 0.05) is 31.4 Å². The highest BCUT2D eigenvalue weighted by molar-refractivity contribution is 5.81. The molecule has 1 aliphatic rings. The summed E-state index contributed by atoms with van der Waals surface area (Å²) >= 11 is 0. The molecule has 0 saturated carbocycles. The van der Waals surface area contributed by atoms with Gasteiger partial charge < -0.3 is 16.0 Å². The summed E-state index contributed by atoms with van der Waals surface area (Å²) < 4.78 is 0. The number of anilines is 1. The Morgan fingerprint density at radius 3 is 2.95 bits per heavy atom. The number of likely N-dealkylation sites (N-methyl/N-ethyl adjacent to an activating group) is 2. The number of aromatic nitrogens is 1. The van der Waals surface area contributed by atoms with Crippen LogP contribution in [0.1, 0.15) is 30.2 Å². The fourth-order valence-corrected chi connectivity index (χ4v) is 2.52. The zero-order valence-electron chi connectivity index (χ0n) is 11.7. The summed E-state index contributed by atoms with van der Waals surface area (Å²) in [7, 11) is 1.65. The molecule has 0 aliphatic heterocycles. The van der Waals surface area contributed by atoms with Gasteiger partial charge in [-0.15, -0.1) is 0 Å². The molecule has 104 valence electrons. The Labute approximate surface area is 114 Å². The van der Waals surface area contributed by atoms with Gasteiger partial charge in [0.1, 0.15) is 5.82 Å². The summed E-state index contributed by atoms with van der Waals surface area (Å²) in [5.41, 5.74) is 9.36. The van der Waals surface area contributed by atoms with E-state index >= 15 is 0 Å². The number of nitrogens with zero attached hydrogens (tertiary/aromatic N) is 2. The van der Waals surface area contributed by atoms with Crippen LogP contribution in [0.4, 0.5) is 5.82 Å². The number of aryl methyl sites for hydroxylation is 2. The van der Waals surface area contributed by atoms with E-state index in [0.29, 0.717) is 13.1 Å². The quantitative estimate of drug-likeness (QED) is 0.815. The Hall–Kier alpha value is -1.62. The van der Waals surface area contributed by atoms with Crippen molar-refractivity contribution < 1.29 is 4.79 Å². The summed E-state index contributed by atoms with van der Waals surface area (Å²) in [6, 6.07) is 2.16. The van der Waals surface area contributed by atoms with Gasteiger partial charge in [-0.3, -0.25) is 4.79 Å². The summed E-state index contributed by atoms with van der Waals surface area (Å²) in [5, 5.41) is 2.65. The standard InChI is InChI=1S/C14H22N4O/c1-3-18(9-13(19)16-2)14-11(8-15)7-10-5-4-6-12(10)17-14/h7H,3-6,8-9,15H2,1-2H3,(H,16,19). The van der Waals surface area contributed by atoms with Crippen molar-refractivity contribution in [1.82, 2.24) is 10.3 Å². The smallest absolute Gasteiger partial charge is 0.239 e. The van der Waals surface area contributed by atoms with Gasteiger partial charge in [-0.25, -0.2) is 4.98 Å². The molecule has 1 aliphatic carbocycles. The Bertz CT molecular complexity index is 473. The minimum absolute atomic E-state index is 0.00730. The highest BCUT2D eigenvalue weighted by Crippen LogP contribution is 2.27. The van der Waals surface area contributed by atoms with Crippen molar-refractivity contribution in [3.8, 4) is 0 Å². The molecule has 0 atom stereocenters. The average Bonchev–Trinajstić information content (AvgIpc) is 2.90. The first kappa shape index (κ1) is 13.8. The van der Waals surface area contributed by atoms with Gasteiger partial charge >= 0.3 is 0 Å². The minimum atomic E-state index is -0.00730. The molecule has 2 rings (SSSR count). The van der Waals surface area contributed by atoms with E-state index in [4.69, 9.17) is 10.7 Å². The number of fused-ring (bicyclic) bond motifs is 1. The molecule has 0 bridgehead atoms. The lowest BCUT2D eigenvalue weighted by Gasteiger charge is -2.24. The Morgan fingerprint density at radius 2 is 2.32 bits per heavy atom. The summed E-state index contributed by atoms with van der Waals surface area (Å²) in [6.45, 7) is 3.55. The van der Waals surface area contributed by atoms with Crippen LogP contribution in [-0.4, -0.2) is 31.0 Å². The van der Waals surface area contributed by atoms with Gasteiger partial charge in [-0.05, 0) is 37.8 Å². The van der Waals surface area contributed by atoms with Gasteiger partial charge in [-0.2, -0.15) is 0 Å². The van der Waals surface area contributed by atoms with Crippen LogP contribution in [-0.2, 0) is 24.2 Å². The van der Waals surface area contributed by atoms with Gasteiger partial charge in [0.15, 0.2) is 0 Å². The van der Waals surface area contributed by atoms with E-state index in [9.17, 15) is 4.79 Å². The third-order valence-corrected chi connectivity index (χ3v) is 3.62. The number of carbonyl (C=O) groups excluding carboxylic acids is 1. The molecular formula is C14H22N4O. The first-order chi connectivity index (χ1) is 9.19. The van der Waals surface area contributed by atoms with Gasteiger partial charge in [0.2, 0.25) is 5.91 Å². The van der Waals surface area contributed by atoms with E-state index < -0.39 is 0 Å². The van der Waals surface area contributed by atoms with E-state index in [-0.39, 0.29) is 5.91 Å². The largest absolute Gasteiger partial charge is 0.358 e. The molecule has 19 heavy (non-hydrogen) atoms. The number of hydrogen-bond acceptors (Lipinski definition) is 4. The van der Waals surface area contributed by atoms with Crippen molar-refractivity contribution >= 4 is 11.7 Å². The molecule has 1 amide bonds. The molecule has 0 unspecified atom stereocenters. The summed E-state index contributed by atoms with van der Waals surface area (Å²) in [6.07, 6.45) is 3.29. The predicted molar refractivity (Wildman–Crippen MR) is 76.1 cm³/mol. The second kappa shape index (κ2) is 6.02. The van der Waals surface area contributed by atoms with Crippen LogP contribution in [0.5, 0.6) is 0 Å². The van der Waals surface area contributed by atoms with E-state index in [0.717, 1.165) is 37.2 Å². The zero-order valence-corrected chi connectivity index (χ0v) is 11.7. The molecule has 5 nitrogen and oxygen atoms in total. The number of pyridine rings is 1. The topological polar surface area (TPSA) is 71.2 Å². The van der Waals surface area contributed by atoms with Crippen molar-refractivity contribution in [2.75, 3.05) is 25.0 Å². The van der Waals surface area contributed by atoms with Crippen molar-refractivity contribution in [1.29, 1.82) is 0 Å². The highest BCUT2D eigenvalue weighted by Gasteiger charge is 2.19. The fourth-order valence-electron chi connectivity index (χ4n) is 2.52. The van der Waals surface area contributed by atoms with Crippen molar-refractivity contribution in [3.63, 3.8) is 0 Å². The molecule has 0 spiro atoms. The minimum Gasteiger partial charge on any atom is -0.358 e. The van der Waals surface area contributed by atoms with Crippen molar-refractivity contribution in [2.24, 2.45) is 5.73 Å². The molecule has 0 radical (unpaired) electrons. The number of carbonyl (C=O) groups is 1. The molecule has 5 heteroatoms.